The predicted octanol–water partition coefficient (Wildman–Crippen LogP) is 1.31. The largest absolute Gasteiger partial charge is 0.314 e. The average Bonchev–Trinajstić information content (AvgIpc) is 2.31. The summed E-state index contributed by atoms with van der Waals surface area (Å²) < 4.78 is 1.11. The minimum atomic E-state index is 0.697. The van der Waals surface area contributed by atoms with E-state index in [4.69, 9.17) is 0 Å². The van der Waals surface area contributed by atoms with Gasteiger partial charge in [-0.2, -0.15) is 0 Å². The van der Waals surface area contributed by atoms with Crippen molar-refractivity contribution in [1.82, 2.24) is 15.2 Å². The molecule has 0 unspecified atom stereocenters. The average molecular weight is 262 g/mol. The first-order valence-corrected chi connectivity index (χ1v) is 5.88. The monoisotopic (exact) mass is 261 g/mol. The first-order valence-electron chi connectivity index (χ1n) is 4.27. The van der Waals surface area contributed by atoms with Crippen molar-refractivity contribution in [3.63, 3.8) is 0 Å². The Morgan fingerprint density at radius 1 is 1.77 bits per heavy atom. The van der Waals surface area contributed by atoms with E-state index in [1.54, 1.807) is 11.3 Å². The minimum absolute atomic E-state index is 0.697. The molecule has 0 amide bonds. The number of halogens is 1. The molecule has 1 N–H and O–H groups in total. The number of thiazole rings is 1. The Labute approximate surface area is 90.3 Å². The Bertz CT molecular complexity index is 285. The number of rotatable bonds is 3. The Morgan fingerprint density at radius 2 is 2.54 bits per heavy atom. The van der Waals surface area contributed by atoms with Gasteiger partial charge in [0.15, 0.2) is 0 Å². The summed E-state index contributed by atoms with van der Waals surface area (Å²) in [5, 5.41) is 4.45. The zero-order chi connectivity index (χ0) is 9.26. The normalized spacial score (nSPS) is 17.8. The van der Waals surface area contributed by atoms with Gasteiger partial charge in [-0.3, -0.25) is 4.90 Å². The molecule has 0 atom stereocenters. The van der Waals surface area contributed by atoms with E-state index in [0.717, 1.165) is 23.4 Å². The molecule has 0 saturated carbocycles. The van der Waals surface area contributed by atoms with Crippen LogP contribution in [0.15, 0.2) is 9.98 Å². The van der Waals surface area contributed by atoms with Gasteiger partial charge in [-0.05, 0) is 23.0 Å². The second-order valence-corrected chi connectivity index (χ2v) is 5.78. The van der Waals surface area contributed by atoms with Crippen molar-refractivity contribution in [1.29, 1.82) is 0 Å². The van der Waals surface area contributed by atoms with Gasteiger partial charge < -0.3 is 5.32 Å². The number of hydrogen-bond acceptors (Lipinski definition) is 4. The highest BCUT2D eigenvalue weighted by Gasteiger charge is 2.21. The smallest absolute Gasteiger partial charge is 0.108 e. The van der Waals surface area contributed by atoms with Gasteiger partial charge in [0, 0.05) is 19.1 Å². The maximum atomic E-state index is 4.31. The van der Waals surface area contributed by atoms with Crippen LogP contribution in [0.3, 0.4) is 0 Å². The molecule has 5 heteroatoms. The van der Waals surface area contributed by atoms with Gasteiger partial charge in [0.05, 0.1) is 16.5 Å². The zero-order valence-electron chi connectivity index (χ0n) is 7.46. The third-order valence-electron chi connectivity index (χ3n) is 2.29. The standard InChI is InChI=1S/C8H12BrN3S/c1-12(6-2-10-3-6)5-8-11-4-7(9)13-8/h4,6,10H,2-3,5H2,1H3. The van der Waals surface area contributed by atoms with E-state index in [2.05, 4.69) is 38.2 Å². The summed E-state index contributed by atoms with van der Waals surface area (Å²) in [6.07, 6.45) is 1.87. The van der Waals surface area contributed by atoms with Crippen molar-refractivity contribution < 1.29 is 0 Å². The summed E-state index contributed by atoms with van der Waals surface area (Å²) in [5.74, 6) is 0. The molecule has 1 aliphatic heterocycles. The van der Waals surface area contributed by atoms with Crippen LogP contribution in [-0.4, -0.2) is 36.1 Å². The van der Waals surface area contributed by atoms with E-state index in [9.17, 15) is 0 Å². The lowest BCUT2D eigenvalue weighted by atomic mass is 10.1. The molecular formula is C8H12BrN3S. The fraction of sp³-hybridized carbons (Fsp3) is 0.625. The summed E-state index contributed by atoms with van der Waals surface area (Å²) in [4.78, 5) is 6.66. The van der Waals surface area contributed by atoms with Crippen molar-refractivity contribution in [2.75, 3.05) is 20.1 Å². The van der Waals surface area contributed by atoms with Crippen LogP contribution < -0.4 is 5.32 Å². The van der Waals surface area contributed by atoms with Crippen LogP contribution in [0.2, 0.25) is 0 Å². The van der Waals surface area contributed by atoms with Crippen LogP contribution in [0.4, 0.5) is 0 Å². The third kappa shape index (κ3) is 2.28. The second kappa shape index (κ2) is 4.04. The van der Waals surface area contributed by atoms with E-state index in [-0.39, 0.29) is 0 Å². The number of hydrogen-bond donors (Lipinski definition) is 1. The molecule has 3 nitrogen and oxygen atoms in total. The van der Waals surface area contributed by atoms with E-state index < -0.39 is 0 Å². The molecule has 2 heterocycles. The molecule has 1 aromatic rings. The van der Waals surface area contributed by atoms with E-state index >= 15 is 0 Å². The number of aromatic nitrogens is 1. The molecule has 1 aliphatic rings. The molecule has 72 valence electrons. The van der Waals surface area contributed by atoms with Crippen LogP contribution in [0, 0.1) is 0 Å². The Hall–Kier alpha value is 0.0300. The predicted molar refractivity (Wildman–Crippen MR) is 57.9 cm³/mol. The fourth-order valence-corrected chi connectivity index (χ4v) is 2.66. The van der Waals surface area contributed by atoms with Crippen LogP contribution in [-0.2, 0) is 6.54 Å². The van der Waals surface area contributed by atoms with Gasteiger partial charge in [0.2, 0.25) is 0 Å². The van der Waals surface area contributed by atoms with Crippen molar-refractivity contribution in [2.45, 2.75) is 12.6 Å². The van der Waals surface area contributed by atoms with Gasteiger partial charge in [-0.15, -0.1) is 11.3 Å². The first kappa shape index (κ1) is 9.58. The molecule has 13 heavy (non-hydrogen) atoms. The second-order valence-electron chi connectivity index (χ2n) is 3.29. The Morgan fingerprint density at radius 3 is 3.00 bits per heavy atom. The highest BCUT2D eigenvalue weighted by molar-refractivity contribution is 9.11. The maximum absolute atomic E-state index is 4.31. The summed E-state index contributed by atoms with van der Waals surface area (Å²) in [5.41, 5.74) is 0. The van der Waals surface area contributed by atoms with E-state index in [1.807, 2.05) is 6.20 Å². The fourth-order valence-electron chi connectivity index (χ4n) is 1.29. The third-order valence-corrected chi connectivity index (χ3v) is 3.75. The lowest BCUT2D eigenvalue weighted by molar-refractivity contribution is 0.173. The van der Waals surface area contributed by atoms with Crippen molar-refractivity contribution in [3.8, 4) is 0 Å². The molecule has 1 aromatic heterocycles. The lowest BCUT2D eigenvalue weighted by Crippen LogP contribution is -2.55. The van der Waals surface area contributed by atoms with Crippen LogP contribution in [0.5, 0.6) is 0 Å². The van der Waals surface area contributed by atoms with Crippen LogP contribution in [0.1, 0.15) is 5.01 Å². The molecule has 1 fully saturated rings. The van der Waals surface area contributed by atoms with E-state index in [1.165, 1.54) is 5.01 Å². The number of nitrogens with zero attached hydrogens (tertiary/aromatic N) is 2. The van der Waals surface area contributed by atoms with Gasteiger partial charge >= 0.3 is 0 Å². The Kier molecular flexibility index (Phi) is 2.98. The maximum Gasteiger partial charge on any atom is 0.108 e. The Balaban J connectivity index is 1.89. The summed E-state index contributed by atoms with van der Waals surface area (Å²) in [6, 6.07) is 0.697. The van der Waals surface area contributed by atoms with E-state index in [0.29, 0.717) is 6.04 Å². The molecule has 1 saturated heterocycles. The SMILES string of the molecule is CN(Cc1ncc(Br)s1)C1CNC1. The number of nitrogens with one attached hydrogen (secondary N) is 1. The lowest BCUT2D eigenvalue weighted by Gasteiger charge is -2.35. The highest BCUT2D eigenvalue weighted by Crippen LogP contribution is 2.20. The van der Waals surface area contributed by atoms with Gasteiger partial charge in [0.1, 0.15) is 5.01 Å². The molecule has 0 radical (unpaired) electrons. The van der Waals surface area contributed by atoms with Crippen molar-refractivity contribution in [2.24, 2.45) is 0 Å². The molecule has 0 aromatic carbocycles. The molecule has 0 bridgehead atoms. The summed E-state index contributed by atoms with van der Waals surface area (Å²) in [7, 11) is 2.15. The zero-order valence-corrected chi connectivity index (χ0v) is 9.86. The topological polar surface area (TPSA) is 28.2 Å². The quantitative estimate of drug-likeness (QED) is 0.890. The number of likely N-dealkylation sites (N-methyl/N-ethyl adjacent to an activating group) is 1. The van der Waals surface area contributed by atoms with Gasteiger partial charge in [-0.25, -0.2) is 4.98 Å². The summed E-state index contributed by atoms with van der Waals surface area (Å²) in [6.45, 7) is 3.19. The highest BCUT2D eigenvalue weighted by atomic mass is 79.9. The van der Waals surface area contributed by atoms with Gasteiger partial charge in [-0.1, -0.05) is 0 Å². The molecule has 0 spiro atoms. The van der Waals surface area contributed by atoms with Crippen molar-refractivity contribution in [3.05, 3.63) is 15.0 Å². The van der Waals surface area contributed by atoms with Crippen LogP contribution in [0.25, 0.3) is 0 Å². The molecule has 2 rings (SSSR count). The minimum Gasteiger partial charge on any atom is -0.314 e. The van der Waals surface area contributed by atoms with Gasteiger partial charge in [0.25, 0.3) is 0 Å². The molecular weight excluding hydrogens is 250 g/mol. The van der Waals surface area contributed by atoms with Crippen molar-refractivity contribution >= 4 is 27.3 Å². The first-order chi connectivity index (χ1) is 6.25. The summed E-state index contributed by atoms with van der Waals surface area (Å²) >= 11 is 5.13. The van der Waals surface area contributed by atoms with Crippen LogP contribution >= 0.6 is 27.3 Å². The molecule has 0 aliphatic carbocycles.